The van der Waals surface area contributed by atoms with Crippen LogP contribution in [0.15, 0.2) is 46.0 Å². The van der Waals surface area contributed by atoms with Crippen LogP contribution in [0.5, 0.6) is 0 Å². The van der Waals surface area contributed by atoms with E-state index >= 15 is 0 Å². The molecule has 1 heterocycles. The Hall–Kier alpha value is -1.27. The number of nitrogen functional groups attached to an aromatic ring is 1. The van der Waals surface area contributed by atoms with Crippen molar-refractivity contribution in [3.8, 4) is 0 Å². The maximum absolute atomic E-state index is 13.0. The number of nitrogens with two attached hydrogens (primary N) is 1. The second kappa shape index (κ2) is 5.58. The lowest BCUT2D eigenvalue weighted by Crippen LogP contribution is -2.01. The molecule has 1 aromatic heterocycles. The Morgan fingerprint density at radius 2 is 2.11 bits per heavy atom. The fourth-order valence-electron chi connectivity index (χ4n) is 1.49. The van der Waals surface area contributed by atoms with E-state index in [1.54, 1.807) is 18.2 Å². The normalized spacial score (nSPS) is 12.3. The predicted molar refractivity (Wildman–Crippen MR) is 72.9 cm³/mol. The molecule has 0 bridgehead atoms. The van der Waals surface area contributed by atoms with Gasteiger partial charge in [0, 0.05) is 16.4 Å². The summed E-state index contributed by atoms with van der Waals surface area (Å²) in [5, 5.41) is 0. The number of rotatable bonds is 3. The van der Waals surface area contributed by atoms with E-state index in [0.29, 0.717) is 16.1 Å². The standard InChI is InChI=1S/C12H10BrFN2OS/c13-9-1-2-12(11(15)4-9)18(17)7-8-3-10(14)6-16-5-8/h1-6H,7,15H2. The van der Waals surface area contributed by atoms with Crippen LogP contribution in [0.3, 0.4) is 0 Å². The van der Waals surface area contributed by atoms with Gasteiger partial charge in [-0.3, -0.25) is 9.19 Å². The van der Waals surface area contributed by atoms with Crippen LogP contribution in [0.25, 0.3) is 0 Å². The summed E-state index contributed by atoms with van der Waals surface area (Å²) in [7, 11) is -1.32. The summed E-state index contributed by atoms with van der Waals surface area (Å²) in [4.78, 5) is 4.26. The fraction of sp³-hybridized carbons (Fsp3) is 0.0833. The van der Waals surface area contributed by atoms with Gasteiger partial charge in [0.15, 0.2) is 0 Å². The van der Waals surface area contributed by atoms with Crippen LogP contribution in [-0.2, 0) is 16.6 Å². The van der Waals surface area contributed by atoms with Crippen molar-refractivity contribution in [1.82, 2.24) is 4.98 Å². The zero-order chi connectivity index (χ0) is 13.1. The number of hydrogen-bond donors (Lipinski definition) is 1. The maximum Gasteiger partial charge on any atom is 0.141 e. The number of benzene rings is 1. The lowest BCUT2D eigenvalue weighted by molar-refractivity contribution is 0.619. The monoisotopic (exact) mass is 328 g/mol. The minimum Gasteiger partial charge on any atom is -0.398 e. The van der Waals surface area contributed by atoms with Crippen molar-refractivity contribution >= 4 is 32.4 Å². The minimum absolute atomic E-state index is 0.191. The highest BCUT2D eigenvalue weighted by Gasteiger charge is 2.10. The molecule has 1 aromatic carbocycles. The fourth-order valence-corrected chi connectivity index (χ4v) is 3.03. The smallest absolute Gasteiger partial charge is 0.141 e. The van der Waals surface area contributed by atoms with E-state index < -0.39 is 16.6 Å². The Bertz CT molecular complexity index is 606. The number of nitrogens with zero attached hydrogens (tertiary/aromatic N) is 1. The van der Waals surface area contributed by atoms with E-state index in [0.717, 1.165) is 10.7 Å². The minimum atomic E-state index is -1.32. The van der Waals surface area contributed by atoms with Gasteiger partial charge in [-0.05, 0) is 29.8 Å². The quantitative estimate of drug-likeness (QED) is 0.881. The summed E-state index contributed by atoms with van der Waals surface area (Å²) in [6, 6.07) is 6.48. The Morgan fingerprint density at radius 3 is 2.78 bits per heavy atom. The van der Waals surface area contributed by atoms with E-state index in [1.807, 2.05) is 0 Å². The van der Waals surface area contributed by atoms with Crippen LogP contribution in [-0.4, -0.2) is 9.19 Å². The summed E-state index contributed by atoms with van der Waals surface area (Å²) in [5.74, 6) is -0.246. The van der Waals surface area contributed by atoms with E-state index in [-0.39, 0.29) is 5.75 Å². The molecule has 0 aliphatic carbocycles. The summed E-state index contributed by atoms with van der Waals surface area (Å²) >= 11 is 3.28. The Kier molecular flexibility index (Phi) is 4.08. The number of pyridine rings is 1. The first-order valence-corrected chi connectivity index (χ1v) is 7.20. The second-order valence-corrected chi connectivity index (χ2v) is 6.02. The Morgan fingerprint density at radius 1 is 1.33 bits per heavy atom. The van der Waals surface area contributed by atoms with Gasteiger partial charge in [-0.25, -0.2) is 4.39 Å². The molecule has 0 radical (unpaired) electrons. The molecule has 0 saturated heterocycles. The highest BCUT2D eigenvalue weighted by Crippen LogP contribution is 2.23. The molecule has 0 aliphatic heterocycles. The zero-order valence-corrected chi connectivity index (χ0v) is 11.7. The van der Waals surface area contributed by atoms with E-state index in [1.165, 1.54) is 12.3 Å². The summed E-state index contributed by atoms with van der Waals surface area (Å²) in [6.45, 7) is 0. The molecule has 2 N–H and O–H groups in total. The SMILES string of the molecule is Nc1cc(Br)ccc1S(=O)Cc1cncc(F)c1. The van der Waals surface area contributed by atoms with Crippen LogP contribution in [0.2, 0.25) is 0 Å². The van der Waals surface area contributed by atoms with Gasteiger partial charge < -0.3 is 5.73 Å². The van der Waals surface area contributed by atoms with Crippen molar-refractivity contribution in [2.45, 2.75) is 10.6 Å². The average molecular weight is 329 g/mol. The van der Waals surface area contributed by atoms with Crippen LogP contribution in [0.4, 0.5) is 10.1 Å². The van der Waals surface area contributed by atoms with Gasteiger partial charge in [0.2, 0.25) is 0 Å². The average Bonchev–Trinajstić information content (AvgIpc) is 2.28. The Balaban J connectivity index is 2.22. The number of hydrogen-bond acceptors (Lipinski definition) is 3. The molecule has 6 heteroatoms. The molecule has 2 aromatic rings. The van der Waals surface area contributed by atoms with Crippen molar-refractivity contribution in [2.75, 3.05) is 5.73 Å². The highest BCUT2D eigenvalue weighted by molar-refractivity contribution is 9.10. The second-order valence-electron chi connectivity index (χ2n) is 3.68. The van der Waals surface area contributed by atoms with Crippen molar-refractivity contribution in [3.63, 3.8) is 0 Å². The molecule has 1 unspecified atom stereocenters. The van der Waals surface area contributed by atoms with Gasteiger partial charge in [0.05, 0.1) is 27.6 Å². The summed E-state index contributed by atoms with van der Waals surface area (Å²) < 4.78 is 25.9. The van der Waals surface area contributed by atoms with Gasteiger partial charge in [0.1, 0.15) is 5.82 Å². The lowest BCUT2D eigenvalue weighted by Gasteiger charge is -2.06. The number of anilines is 1. The molecule has 3 nitrogen and oxygen atoms in total. The molecule has 94 valence electrons. The van der Waals surface area contributed by atoms with Crippen molar-refractivity contribution in [3.05, 3.63) is 52.5 Å². The number of aromatic nitrogens is 1. The van der Waals surface area contributed by atoms with Crippen LogP contribution in [0, 0.1) is 5.82 Å². The van der Waals surface area contributed by atoms with Gasteiger partial charge >= 0.3 is 0 Å². The molecule has 0 amide bonds. The summed E-state index contributed by atoms with van der Waals surface area (Å²) in [5.41, 5.74) is 6.82. The van der Waals surface area contributed by atoms with Crippen LogP contribution >= 0.6 is 15.9 Å². The predicted octanol–water partition coefficient (Wildman–Crippen LogP) is 2.87. The number of halogens is 2. The molecular weight excluding hydrogens is 319 g/mol. The van der Waals surface area contributed by atoms with Crippen LogP contribution < -0.4 is 5.73 Å². The highest BCUT2D eigenvalue weighted by atomic mass is 79.9. The van der Waals surface area contributed by atoms with Crippen molar-refractivity contribution in [1.29, 1.82) is 0 Å². The topological polar surface area (TPSA) is 56.0 Å². The van der Waals surface area contributed by atoms with Crippen molar-refractivity contribution < 1.29 is 8.60 Å². The van der Waals surface area contributed by atoms with E-state index in [9.17, 15) is 8.60 Å². The molecule has 0 saturated carbocycles. The lowest BCUT2D eigenvalue weighted by atomic mass is 10.3. The maximum atomic E-state index is 13.0. The largest absolute Gasteiger partial charge is 0.398 e. The first-order chi connectivity index (χ1) is 8.56. The molecule has 0 fully saturated rings. The van der Waals surface area contributed by atoms with E-state index in [2.05, 4.69) is 20.9 Å². The first kappa shape index (κ1) is 13.2. The van der Waals surface area contributed by atoms with Gasteiger partial charge in [0.25, 0.3) is 0 Å². The third-order valence-corrected chi connectivity index (χ3v) is 4.23. The van der Waals surface area contributed by atoms with Gasteiger partial charge in [-0.15, -0.1) is 0 Å². The molecular formula is C12H10BrFN2OS. The van der Waals surface area contributed by atoms with Gasteiger partial charge in [-0.2, -0.15) is 0 Å². The Labute approximate surface area is 115 Å². The molecule has 18 heavy (non-hydrogen) atoms. The van der Waals surface area contributed by atoms with Crippen LogP contribution in [0.1, 0.15) is 5.56 Å². The molecule has 0 spiro atoms. The first-order valence-electron chi connectivity index (χ1n) is 5.09. The zero-order valence-electron chi connectivity index (χ0n) is 9.27. The van der Waals surface area contributed by atoms with Gasteiger partial charge in [-0.1, -0.05) is 15.9 Å². The summed E-state index contributed by atoms with van der Waals surface area (Å²) in [6.07, 6.45) is 2.61. The third-order valence-electron chi connectivity index (χ3n) is 2.28. The third kappa shape index (κ3) is 3.14. The molecule has 2 rings (SSSR count). The molecule has 1 atom stereocenters. The van der Waals surface area contributed by atoms with Crippen molar-refractivity contribution in [2.24, 2.45) is 0 Å². The molecule has 0 aliphatic rings. The van der Waals surface area contributed by atoms with E-state index in [4.69, 9.17) is 5.73 Å².